The molecule has 4 nitrogen and oxygen atoms in total. The van der Waals surface area contributed by atoms with Gasteiger partial charge in [0.05, 0.1) is 0 Å². The number of nitrogens with zero attached hydrogens (tertiary/aromatic N) is 2. The van der Waals surface area contributed by atoms with E-state index in [2.05, 4.69) is 37.9 Å². The molecule has 1 amide bonds. The molecule has 0 spiro atoms. The highest BCUT2D eigenvalue weighted by molar-refractivity contribution is 14.1. The highest BCUT2D eigenvalue weighted by atomic mass is 127. The Balaban J connectivity index is 1.69. The minimum absolute atomic E-state index is 0.105. The Morgan fingerprint density at radius 1 is 1.12 bits per heavy atom. The third kappa shape index (κ3) is 5.02. The number of anilines is 1. The molecule has 0 aliphatic heterocycles. The quantitative estimate of drug-likeness (QED) is 0.333. The number of carbonyl (C=O) groups excluding carboxylic acids is 1. The molecule has 0 saturated heterocycles. The third-order valence-corrected chi connectivity index (χ3v) is 5.15. The number of halogens is 1. The van der Waals surface area contributed by atoms with Crippen molar-refractivity contribution in [1.29, 1.82) is 0 Å². The summed E-state index contributed by atoms with van der Waals surface area (Å²) in [6.07, 6.45) is 3.45. The van der Waals surface area contributed by atoms with E-state index in [1.54, 1.807) is 30.2 Å². The van der Waals surface area contributed by atoms with Crippen molar-refractivity contribution in [3.05, 3.63) is 81.2 Å². The van der Waals surface area contributed by atoms with E-state index in [1.165, 1.54) is 0 Å². The zero-order valence-corrected chi connectivity index (χ0v) is 16.5. The fourth-order valence-corrected chi connectivity index (χ4v) is 3.67. The zero-order chi connectivity index (χ0) is 17.6. The van der Waals surface area contributed by atoms with Gasteiger partial charge in [-0.3, -0.25) is 4.79 Å². The van der Waals surface area contributed by atoms with Gasteiger partial charge in [0.25, 0.3) is 5.91 Å². The highest BCUT2D eigenvalue weighted by Gasteiger charge is 2.09. The number of aromatic nitrogens is 2. The summed E-state index contributed by atoms with van der Waals surface area (Å²) < 4.78 is 1.15. The molecule has 3 aromatic rings. The Morgan fingerprint density at radius 2 is 1.92 bits per heavy atom. The number of thioether (sulfide) groups is 1. The summed E-state index contributed by atoms with van der Waals surface area (Å²) in [5, 5.41) is 3.71. The van der Waals surface area contributed by atoms with E-state index in [4.69, 9.17) is 0 Å². The molecule has 126 valence electrons. The van der Waals surface area contributed by atoms with Gasteiger partial charge in [0.15, 0.2) is 5.16 Å². The molecule has 0 aliphatic carbocycles. The van der Waals surface area contributed by atoms with Crippen molar-refractivity contribution < 1.29 is 4.79 Å². The molecule has 6 heteroatoms. The maximum absolute atomic E-state index is 12.5. The van der Waals surface area contributed by atoms with Crippen LogP contribution in [0.15, 0.2) is 66.1 Å². The van der Waals surface area contributed by atoms with Crippen LogP contribution in [-0.2, 0) is 5.75 Å². The van der Waals surface area contributed by atoms with Crippen LogP contribution in [0.4, 0.5) is 5.69 Å². The smallest absolute Gasteiger partial charge is 0.255 e. The van der Waals surface area contributed by atoms with Crippen LogP contribution in [0.1, 0.15) is 21.5 Å². The van der Waals surface area contributed by atoms with Crippen molar-refractivity contribution in [2.75, 3.05) is 5.32 Å². The number of hydrogen-bond donors (Lipinski definition) is 1. The Hall–Kier alpha value is -1.93. The SMILES string of the molecule is Cc1cc(I)ccc1NC(=O)c1cccc(CSc2ncccn2)c1. The lowest BCUT2D eigenvalue weighted by Crippen LogP contribution is -2.13. The first-order valence-electron chi connectivity index (χ1n) is 7.68. The normalized spacial score (nSPS) is 10.5. The van der Waals surface area contributed by atoms with Crippen LogP contribution in [-0.4, -0.2) is 15.9 Å². The van der Waals surface area contributed by atoms with Crippen molar-refractivity contribution in [3.63, 3.8) is 0 Å². The van der Waals surface area contributed by atoms with Crippen LogP contribution in [0.5, 0.6) is 0 Å². The first-order chi connectivity index (χ1) is 12.1. The number of nitrogens with one attached hydrogen (secondary N) is 1. The Bertz CT molecular complexity index is 887. The van der Waals surface area contributed by atoms with Gasteiger partial charge in [-0.2, -0.15) is 0 Å². The number of benzene rings is 2. The largest absolute Gasteiger partial charge is 0.322 e. The topological polar surface area (TPSA) is 54.9 Å². The first-order valence-corrected chi connectivity index (χ1v) is 9.74. The summed E-state index contributed by atoms with van der Waals surface area (Å²) in [5.41, 5.74) is 3.59. The van der Waals surface area contributed by atoms with E-state index in [-0.39, 0.29) is 5.91 Å². The lowest BCUT2D eigenvalue weighted by atomic mass is 10.1. The van der Waals surface area contributed by atoms with Gasteiger partial charge in [0.1, 0.15) is 0 Å². The summed E-state index contributed by atoms with van der Waals surface area (Å²) in [5.74, 6) is 0.611. The minimum atomic E-state index is -0.105. The number of carbonyl (C=O) groups is 1. The molecule has 1 aromatic heterocycles. The molecule has 0 saturated carbocycles. The van der Waals surface area contributed by atoms with E-state index in [0.29, 0.717) is 11.3 Å². The number of rotatable bonds is 5. The number of aryl methyl sites for hydroxylation is 1. The lowest BCUT2D eigenvalue weighted by molar-refractivity contribution is 0.102. The van der Waals surface area contributed by atoms with Crippen molar-refractivity contribution in [1.82, 2.24) is 9.97 Å². The summed E-state index contributed by atoms with van der Waals surface area (Å²) in [7, 11) is 0. The van der Waals surface area contributed by atoms with Crippen LogP contribution >= 0.6 is 34.4 Å². The average Bonchev–Trinajstić information content (AvgIpc) is 2.63. The van der Waals surface area contributed by atoms with E-state index in [0.717, 1.165) is 25.5 Å². The average molecular weight is 461 g/mol. The Labute approximate surface area is 164 Å². The number of amides is 1. The molecule has 3 rings (SSSR count). The highest BCUT2D eigenvalue weighted by Crippen LogP contribution is 2.21. The van der Waals surface area contributed by atoms with Gasteiger partial charge >= 0.3 is 0 Å². The second-order valence-electron chi connectivity index (χ2n) is 5.43. The molecular weight excluding hydrogens is 445 g/mol. The summed E-state index contributed by atoms with van der Waals surface area (Å²) >= 11 is 3.81. The molecule has 0 radical (unpaired) electrons. The maximum atomic E-state index is 12.5. The molecule has 25 heavy (non-hydrogen) atoms. The van der Waals surface area contributed by atoms with Crippen LogP contribution in [0, 0.1) is 10.5 Å². The number of hydrogen-bond acceptors (Lipinski definition) is 4. The van der Waals surface area contributed by atoms with E-state index in [1.807, 2.05) is 49.4 Å². The van der Waals surface area contributed by atoms with Crippen LogP contribution in [0.2, 0.25) is 0 Å². The molecule has 2 aromatic carbocycles. The second kappa shape index (κ2) is 8.44. The van der Waals surface area contributed by atoms with Crippen molar-refractivity contribution in [2.24, 2.45) is 0 Å². The molecule has 1 heterocycles. The summed E-state index contributed by atoms with van der Waals surface area (Å²) in [6.45, 7) is 1.99. The molecular formula is C19H16IN3OS. The molecule has 0 bridgehead atoms. The van der Waals surface area contributed by atoms with E-state index < -0.39 is 0 Å². The molecule has 0 atom stereocenters. The van der Waals surface area contributed by atoms with Crippen molar-refractivity contribution >= 4 is 45.9 Å². The first kappa shape index (κ1) is 17.9. The van der Waals surface area contributed by atoms with Gasteiger partial charge in [-0.05, 0) is 77.0 Å². The summed E-state index contributed by atoms with van der Waals surface area (Å²) in [6, 6.07) is 15.4. The summed E-state index contributed by atoms with van der Waals surface area (Å²) in [4.78, 5) is 20.9. The van der Waals surface area contributed by atoms with Gasteiger partial charge in [-0.25, -0.2) is 9.97 Å². The molecule has 0 aliphatic rings. The standard InChI is InChI=1S/C19H16IN3OS/c1-13-10-16(20)6-7-17(13)23-18(24)15-5-2-4-14(11-15)12-25-19-21-8-3-9-22-19/h2-11H,12H2,1H3,(H,23,24). The van der Waals surface area contributed by atoms with Gasteiger partial charge < -0.3 is 5.32 Å². The maximum Gasteiger partial charge on any atom is 0.255 e. The zero-order valence-electron chi connectivity index (χ0n) is 13.6. The van der Waals surface area contributed by atoms with Crippen LogP contribution in [0.25, 0.3) is 0 Å². The van der Waals surface area contributed by atoms with Crippen molar-refractivity contribution in [2.45, 2.75) is 17.8 Å². The fraction of sp³-hybridized carbons (Fsp3) is 0.105. The molecule has 0 unspecified atom stereocenters. The Morgan fingerprint density at radius 3 is 2.68 bits per heavy atom. The third-order valence-electron chi connectivity index (χ3n) is 3.54. The van der Waals surface area contributed by atoms with Crippen LogP contribution < -0.4 is 5.32 Å². The van der Waals surface area contributed by atoms with E-state index >= 15 is 0 Å². The van der Waals surface area contributed by atoms with Crippen molar-refractivity contribution in [3.8, 4) is 0 Å². The van der Waals surface area contributed by atoms with Gasteiger partial charge in [0, 0.05) is 33.0 Å². The van der Waals surface area contributed by atoms with Gasteiger partial charge in [-0.1, -0.05) is 23.9 Å². The fourth-order valence-electron chi connectivity index (χ4n) is 2.27. The second-order valence-corrected chi connectivity index (χ2v) is 7.62. The molecule has 0 fully saturated rings. The van der Waals surface area contributed by atoms with Gasteiger partial charge in [-0.15, -0.1) is 0 Å². The lowest BCUT2D eigenvalue weighted by Gasteiger charge is -2.10. The monoisotopic (exact) mass is 461 g/mol. The predicted molar refractivity (Wildman–Crippen MR) is 110 cm³/mol. The predicted octanol–water partition coefficient (Wildman–Crippen LogP) is 4.93. The Kier molecular flexibility index (Phi) is 6.04. The minimum Gasteiger partial charge on any atom is -0.322 e. The van der Waals surface area contributed by atoms with E-state index in [9.17, 15) is 4.79 Å². The molecule has 1 N–H and O–H groups in total. The van der Waals surface area contributed by atoms with Gasteiger partial charge in [0.2, 0.25) is 0 Å². The van der Waals surface area contributed by atoms with Crippen LogP contribution in [0.3, 0.4) is 0 Å².